The number of methoxy groups -OCH3 is 2. The lowest BCUT2D eigenvalue weighted by atomic mass is 9.87. The first-order valence-electron chi connectivity index (χ1n) is 7.05. The van der Waals surface area contributed by atoms with Crippen molar-refractivity contribution >= 4 is 5.91 Å². The number of hydrogen-bond acceptors (Lipinski definition) is 4. The number of carbonyl (C=O) groups excluding carboxylic acids is 1. The molecule has 1 aliphatic rings. The molecule has 1 aliphatic carbocycles. The van der Waals surface area contributed by atoms with Crippen LogP contribution in [0, 0.1) is 16.7 Å². The summed E-state index contributed by atoms with van der Waals surface area (Å²) in [4.78, 5) is 12.3. The minimum atomic E-state index is -0.848. The molecule has 1 N–H and O–H groups in total. The van der Waals surface area contributed by atoms with Gasteiger partial charge in [-0.3, -0.25) is 4.79 Å². The van der Waals surface area contributed by atoms with Crippen LogP contribution in [0.15, 0.2) is 18.2 Å². The van der Waals surface area contributed by atoms with Gasteiger partial charge >= 0.3 is 0 Å². The maximum absolute atomic E-state index is 12.3. The molecular weight excluding hydrogens is 268 g/mol. The van der Waals surface area contributed by atoms with Crippen LogP contribution in [0.5, 0.6) is 11.5 Å². The fraction of sp³-hybridized carbons (Fsp3) is 0.500. The van der Waals surface area contributed by atoms with E-state index in [1.54, 1.807) is 20.3 Å². The van der Waals surface area contributed by atoms with Crippen LogP contribution in [-0.4, -0.2) is 20.1 Å². The average Bonchev–Trinajstić information content (AvgIpc) is 3.02. The summed E-state index contributed by atoms with van der Waals surface area (Å²) in [5.41, 5.74) is 0.0115. The summed E-state index contributed by atoms with van der Waals surface area (Å²) >= 11 is 0. The lowest BCUT2D eigenvalue weighted by Gasteiger charge is -2.19. The highest BCUT2D eigenvalue weighted by molar-refractivity contribution is 5.85. The van der Waals surface area contributed by atoms with Gasteiger partial charge in [0.25, 0.3) is 0 Å². The van der Waals surface area contributed by atoms with Gasteiger partial charge in [0.15, 0.2) is 0 Å². The van der Waals surface area contributed by atoms with Crippen LogP contribution in [0.1, 0.15) is 31.2 Å². The number of amides is 1. The Morgan fingerprint density at radius 2 is 2.05 bits per heavy atom. The summed E-state index contributed by atoms with van der Waals surface area (Å²) < 4.78 is 10.4. The van der Waals surface area contributed by atoms with E-state index < -0.39 is 5.41 Å². The van der Waals surface area contributed by atoms with Crippen molar-refractivity contribution in [1.82, 2.24) is 5.32 Å². The molecule has 1 aromatic rings. The molecule has 0 atom stereocenters. The van der Waals surface area contributed by atoms with Crippen molar-refractivity contribution in [1.29, 1.82) is 5.26 Å². The zero-order chi connectivity index (χ0) is 15.3. The quantitative estimate of drug-likeness (QED) is 0.903. The summed E-state index contributed by atoms with van der Waals surface area (Å²) in [6.45, 7) is 0.343. The first-order chi connectivity index (χ1) is 10.1. The minimum Gasteiger partial charge on any atom is -0.497 e. The number of nitrogens with zero attached hydrogens (tertiary/aromatic N) is 1. The van der Waals surface area contributed by atoms with E-state index >= 15 is 0 Å². The highest BCUT2D eigenvalue weighted by Crippen LogP contribution is 2.37. The molecule has 1 amide bonds. The van der Waals surface area contributed by atoms with E-state index in [-0.39, 0.29) is 5.91 Å². The van der Waals surface area contributed by atoms with Gasteiger partial charge in [-0.1, -0.05) is 12.8 Å². The van der Waals surface area contributed by atoms with Crippen molar-refractivity contribution in [2.45, 2.75) is 32.2 Å². The van der Waals surface area contributed by atoms with Crippen molar-refractivity contribution in [2.24, 2.45) is 5.41 Å². The first kappa shape index (κ1) is 15.2. The molecule has 5 heteroatoms. The molecule has 5 nitrogen and oxygen atoms in total. The second-order valence-corrected chi connectivity index (χ2v) is 5.26. The Bertz CT molecular complexity index is 557. The van der Waals surface area contributed by atoms with Gasteiger partial charge in [-0.25, -0.2) is 0 Å². The Morgan fingerprint density at radius 1 is 1.33 bits per heavy atom. The molecular formula is C16H20N2O3. The van der Waals surface area contributed by atoms with Crippen LogP contribution >= 0.6 is 0 Å². The molecule has 0 aliphatic heterocycles. The van der Waals surface area contributed by atoms with Gasteiger partial charge in [0.05, 0.1) is 20.3 Å². The van der Waals surface area contributed by atoms with Crippen LogP contribution in [0.3, 0.4) is 0 Å². The number of nitrogens with one attached hydrogen (secondary N) is 1. The van der Waals surface area contributed by atoms with Gasteiger partial charge in [0.2, 0.25) is 5.91 Å². The van der Waals surface area contributed by atoms with Gasteiger partial charge in [0.1, 0.15) is 16.9 Å². The van der Waals surface area contributed by atoms with Crippen molar-refractivity contribution in [3.05, 3.63) is 23.8 Å². The number of rotatable bonds is 5. The number of ether oxygens (including phenoxy) is 2. The third-order valence-electron chi connectivity index (χ3n) is 4.04. The van der Waals surface area contributed by atoms with E-state index in [1.165, 1.54) is 0 Å². The standard InChI is InChI=1S/C16H20N2O3/c1-20-13-6-5-12(14(9-13)21-2)10-18-15(19)16(11-17)7-3-4-8-16/h5-6,9H,3-4,7-8,10H2,1-2H3,(H,18,19). The van der Waals surface area contributed by atoms with Gasteiger partial charge in [0, 0.05) is 18.2 Å². The predicted octanol–water partition coefficient (Wildman–Crippen LogP) is 2.40. The normalized spacial score (nSPS) is 16.0. The Labute approximate surface area is 124 Å². The largest absolute Gasteiger partial charge is 0.497 e. The summed E-state index contributed by atoms with van der Waals surface area (Å²) in [7, 11) is 3.17. The van der Waals surface area contributed by atoms with E-state index in [1.807, 2.05) is 12.1 Å². The van der Waals surface area contributed by atoms with Crippen molar-refractivity contribution in [2.75, 3.05) is 14.2 Å². The number of carbonyl (C=O) groups is 1. The number of benzene rings is 1. The van der Waals surface area contributed by atoms with Crippen LogP contribution in [0.4, 0.5) is 0 Å². The topological polar surface area (TPSA) is 71.3 Å². The summed E-state index contributed by atoms with van der Waals surface area (Å²) in [5.74, 6) is 1.18. The van der Waals surface area contributed by atoms with E-state index in [9.17, 15) is 10.1 Å². The zero-order valence-corrected chi connectivity index (χ0v) is 12.4. The van der Waals surface area contributed by atoms with Crippen LogP contribution < -0.4 is 14.8 Å². The van der Waals surface area contributed by atoms with Crippen molar-refractivity contribution in [3.8, 4) is 17.6 Å². The smallest absolute Gasteiger partial charge is 0.240 e. The van der Waals surface area contributed by atoms with E-state index in [2.05, 4.69) is 11.4 Å². The first-order valence-corrected chi connectivity index (χ1v) is 7.05. The summed E-state index contributed by atoms with van der Waals surface area (Å²) in [6.07, 6.45) is 3.17. The monoisotopic (exact) mass is 288 g/mol. The highest BCUT2D eigenvalue weighted by Gasteiger charge is 2.41. The van der Waals surface area contributed by atoms with E-state index in [4.69, 9.17) is 9.47 Å². The predicted molar refractivity (Wildman–Crippen MR) is 77.9 cm³/mol. The van der Waals surface area contributed by atoms with Crippen LogP contribution in [0.2, 0.25) is 0 Å². The molecule has 0 spiro atoms. The molecule has 0 unspecified atom stereocenters. The molecule has 0 aromatic heterocycles. The zero-order valence-electron chi connectivity index (χ0n) is 12.4. The minimum absolute atomic E-state index is 0.180. The molecule has 2 rings (SSSR count). The van der Waals surface area contributed by atoms with Gasteiger partial charge in [-0.05, 0) is 25.0 Å². The van der Waals surface area contributed by atoms with Crippen molar-refractivity contribution in [3.63, 3.8) is 0 Å². The molecule has 0 heterocycles. The third-order valence-corrected chi connectivity index (χ3v) is 4.04. The fourth-order valence-electron chi connectivity index (χ4n) is 2.71. The van der Waals surface area contributed by atoms with Gasteiger partial charge in [-0.2, -0.15) is 5.26 Å². The molecule has 0 radical (unpaired) electrons. The maximum atomic E-state index is 12.3. The molecule has 0 bridgehead atoms. The Hall–Kier alpha value is -2.22. The molecule has 1 fully saturated rings. The molecule has 112 valence electrons. The lowest BCUT2D eigenvalue weighted by molar-refractivity contribution is -0.128. The highest BCUT2D eigenvalue weighted by atomic mass is 16.5. The lowest BCUT2D eigenvalue weighted by Crippen LogP contribution is -2.37. The van der Waals surface area contributed by atoms with E-state index in [0.717, 1.165) is 18.4 Å². The Balaban J connectivity index is 2.06. The average molecular weight is 288 g/mol. The molecule has 0 saturated heterocycles. The SMILES string of the molecule is COc1ccc(CNC(=O)C2(C#N)CCCC2)c(OC)c1. The maximum Gasteiger partial charge on any atom is 0.240 e. The fourth-order valence-corrected chi connectivity index (χ4v) is 2.71. The van der Waals surface area contributed by atoms with Crippen LogP contribution in [-0.2, 0) is 11.3 Å². The number of hydrogen-bond donors (Lipinski definition) is 1. The second-order valence-electron chi connectivity index (χ2n) is 5.26. The third kappa shape index (κ3) is 3.10. The molecule has 21 heavy (non-hydrogen) atoms. The van der Waals surface area contributed by atoms with Gasteiger partial charge in [-0.15, -0.1) is 0 Å². The Morgan fingerprint density at radius 3 is 2.62 bits per heavy atom. The second kappa shape index (κ2) is 6.49. The van der Waals surface area contributed by atoms with Crippen molar-refractivity contribution < 1.29 is 14.3 Å². The van der Waals surface area contributed by atoms with Gasteiger partial charge < -0.3 is 14.8 Å². The van der Waals surface area contributed by atoms with Crippen LogP contribution in [0.25, 0.3) is 0 Å². The summed E-state index contributed by atoms with van der Waals surface area (Å²) in [6, 6.07) is 7.64. The van der Waals surface area contributed by atoms with E-state index in [0.29, 0.717) is 30.9 Å². The number of nitriles is 1. The molecule has 1 aromatic carbocycles. The molecule has 1 saturated carbocycles. The summed E-state index contributed by atoms with van der Waals surface area (Å²) in [5, 5.41) is 12.2. The Kier molecular flexibility index (Phi) is 4.69.